The summed E-state index contributed by atoms with van der Waals surface area (Å²) >= 11 is 0. The third kappa shape index (κ3) is 4.46. The van der Waals surface area contributed by atoms with Crippen molar-refractivity contribution in [3.63, 3.8) is 0 Å². The Morgan fingerprint density at radius 3 is 2.16 bits per heavy atom. The summed E-state index contributed by atoms with van der Waals surface area (Å²) in [6.45, 7) is 1.87. The van der Waals surface area contributed by atoms with Gasteiger partial charge in [0.25, 0.3) is 10.0 Å². The first-order valence-electron chi connectivity index (χ1n) is 9.28. The molecule has 0 atom stereocenters. The number of carboxylic acid groups (broad SMARTS) is 1. The average molecular weight is 434 g/mol. The summed E-state index contributed by atoms with van der Waals surface area (Å²) in [4.78, 5) is 20.3. The number of rotatable bonds is 6. The van der Waals surface area contributed by atoms with E-state index >= 15 is 0 Å². The summed E-state index contributed by atoms with van der Waals surface area (Å²) in [6.07, 6.45) is 0. The SMILES string of the molecule is Cc1ccc(S(=O)(=O)Nc2nc3ccccc3nc2Nc2cccc(C(=O)O)c2)cc1. The Balaban J connectivity index is 1.77. The van der Waals surface area contributed by atoms with Crippen LogP contribution in [0.1, 0.15) is 15.9 Å². The molecule has 9 heteroatoms. The highest BCUT2D eigenvalue weighted by Gasteiger charge is 2.19. The summed E-state index contributed by atoms with van der Waals surface area (Å²) in [5.41, 5.74) is 2.51. The van der Waals surface area contributed by atoms with Crippen molar-refractivity contribution in [3.8, 4) is 0 Å². The van der Waals surface area contributed by atoms with Crippen LogP contribution in [0, 0.1) is 6.92 Å². The summed E-state index contributed by atoms with van der Waals surface area (Å²) in [7, 11) is -3.92. The number of aromatic nitrogens is 2. The predicted octanol–water partition coefficient (Wildman–Crippen LogP) is 4.18. The standard InChI is InChI=1S/C22H18N4O4S/c1-14-9-11-17(12-10-14)31(29,30)26-21-20(24-18-7-2-3-8-19(18)25-21)23-16-6-4-5-15(13-16)22(27)28/h2-13H,1H3,(H,23,24)(H,25,26)(H,27,28). The van der Waals surface area contributed by atoms with E-state index in [1.54, 1.807) is 48.5 Å². The summed E-state index contributed by atoms with van der Waals surface area (Å²) in [5, 5.41) is 12.2. The van der Waals surface area contributed by atoms with Crippen LogP contribution in [-0.2, 0) is 10.0 Å². The molecule has 8 nitrogen and oxygen atoms in total. The number of hydrogen-bond acceptors (Lipinski definition) is 6. The van der Waals surface area contributed by atoms with Gasteiger partial charge in [-0.25, -0.2) is 23.2 Å². The molecule has 4 aromatic rings. The largest absolute Gasteiger partial charge is 0.478 e. The van der Waals surface area contributed by atoms with Crippen LogP contribution in [0.5, 0.6) is 0 Å². The van der Waals surface area contributed by atoms with Crippen LogP contribution < -0.4 is 10.0 Å². The van der Waals surface area contributed by atoms with Crippen LogP contribution in [0.4, 0.5) is 17.3 Å². The Labute approximate surface area is 178 Å². The zero-order chi connectivity index (χ0) is 22.0. The quantitative estimate of drug-likeness (QED) is 0.416. The van der Waals surface area contributed by atoms with Gasteiger partial charge in [-0.1, -0.05) is 35.9 Å². The molecule has 0 amide bonds. The van der Waals surface area contributed by atoms with E-state index < -0.39 is 16.0 Å². The molecular formula is C22H18N4O4S. The average Bonchev–Trinajstić information content (AvgIpc) is 2.74. The first kappa shape index (κ1) is 20.3. The van der Waals surface area contributed by atoms with Gasteiger partial charge in [-0.3, -0.25) is 4.72 Å². The third-order valence-electron chi connectivity index (χ3n) is 4.51. The minimum atomic E-state index is -3.92. The molecule has 0 spiro atoms. The number of sulfonamides is 1. The molecule has 0 aliphatic carbocycles. The van der Waals surface area contributed by atoms with Crippen LogP contribution in [-0.4, -0.2) is 29.5 Å². The van der Waals surface area contributed by atoms with Crippen molar-refractivity contribution in [2.75, 3.05) is 10.0 Å². The highest BCUT2D eigenvalue weighted by atomic mass is 32.2. The van der Waals surface area contributed by atoms with Gasteiger partial charge in [0.15, 0.2) is 11.6 Å². The minimum absolute atomic E-state index is 0.00000283. The fourth-order valence-corrected chi connectivity index (χ4v) is 3.94. The van der Waals surface area contributed by atoms with Crippen LogP contribution in [0.3, 0.4) is 0 Å². The highest BCUT2D eigenvalue weighted by molar-refractivity contribution is 7.92. The molecule has 0 saturated heterocycles. The fourth-order valence-electron chi connectivity index (χ4n) is 2.93. The van der Waals surface area contributed by atoms with Crippen LogP contribution in [0.15, 0.2) is 77.7 Å². The lowest BCUT2D eigenvalue weighted by Gasteiger charge is -2.14. The van der Waals surface area contributed by atoms with E-state index in [-0.39, 0.29) is 22.1 Å². The summed E-state index contributed by atoms with van der Waals surface area (Å²) in [6, 6.07) is 19.6. The zero-order valence-electron chi connectivity index (χ0n) is 16.4. The third-order valence-corrected chi connectivity index (χ3v) is 5.86. The molecule has 0 aliphatic rings. The van der Waals surface area contributed by atoms with Gasteiger partial charge in [-0.15, -0.1) is 0 Å². The fraction of sp³-hybridized carbons (Fsp3) is 0.0455. The maximum atomic E-state index is 12.9. The van der Waals surface area contributed by atoms with Gasteiger partial charge in [0.2, 0.25) is 0 Å². The maximum absolute atomic E-state index is 12.9. The first-order chi connectivity index (χ1) is 14.8. The number of hydrogen-bond donors (Lipinski definition) is 3. The van der Waals surface area contributed by atoms with Gasteiger partial charge >= 0.3 is 5.97 Å². The number of fused-ring (bicyclic) bond motifs is 1. The number of carbonyl (C=O) groups is 1. The highest BCUT2D eigenvalue weighted by Crippen LogP contribution is 2.27. The van der Waals surface area contributed by atoms with Crippen molar-refractivity contribution in [1.82, 2.24) is 9.97 Å². The number of benzene rings is 3. The number of carboxylic acids is 1. The number of nitrogens with one attached hydrogen (secondary N) is 2. The predicted molar refractivity (Wildman–Crippen MR) is 118 cm³/mol. The normalized spacial score (nSPS) is 11.3. The van der Waals surface area contributed by atoms with Gasteiger partial charge in [0, 0.05) is 5.69 Å². The second kappa shape index (κ2) is 8.04. The Morgan fingerprint density at radius 1 is 0.871 bits per heavy atom. The molecule has 0 saturated carbocycles. The van der Waals surface area contributed by atoms with Crippen molar-refractivity contribution in [3.05, 3.63) is 83.9 Å². The lowest BCUT2D eigenvalue weighted by Crippen LogP contribution is -2.16. The Morgan fingerprint density at radius 2 is 1.52 bits per heavy atom. The lowest BCUT2D eigenvalue weighted by molar-refractivity contribution is 0.0697. The maximum Gasteiger partial charge on any atom is 0.335 e. The van der Waals surface area contributed by atoms with Crippen LogP contribution >= 0.6 is 0 Å². The van der Waals surface area contributed by atoms with Gasteiger partial charge in [0.05, 0.1) is 21.5 Å². The van der Waals surface area contributed by atoms with Gasteiger partial charge in [-0.05, 0) is 49.4 Å². The summed E-state index contributed by atoms with van der Waals surface area (Å²) in [5.74, 6) is -0.925. The van der Waals surface area contributed by atoms with Crippen molar-refractivity contribution < 1.29 is 18.3 Å². The van der Waals surface area contributed by atoms with Crippen molar-refractivity contribution in [2.45, 2.75) is 11.8 Å². The molecule has 156 valence electrons. The Hall–Kier alpha value is -3.98. The van der Waals surface area contributed by atoms with E-state index in [1.165, 1.54) is 24.3 Å². The molecule has 0 aliphatic heterocycles. The van der Waals surface area contributed by atoms with E-state index in [1.807, 2.05) is 6.92 Å². The molecule has 1 heterocycles. The Kier molecular flexibility index (Phi) is 5.26. The van der Waals surface area contributed by atoms with Crippen molar-refractivity contribution >= 4 is 44.3 Å². The van der Waals surface area contributed by atoms with E-state index in [0.717, 1.165) is 5.56 Å². The lowest BCUT2D eigenvalue weighted by atomic mass is 10.2. The zero-order valence-corrected chi connectivity index (χ0v) is 17.2. The van der Waals surface area contributed by atoms with Gasteiger partial charge in [-0.2, -0.15) is 0 Å². The minimum Gasteiger partial charge on any atom is -0.478 e. The molecule has 0 unspecified atom stereocenters. The van der Waals surface area contributed by atoms with Crippen LogP contribution in [0.25, 0.3) is 11.0 Å². The second-order valence-electron chi connectivity index (χ2n) is 6.84. The molecule has 3 N–H and O–H groups in total. The van der Waals surface area contributed by atoms with Gasteiger partial charge in [0.1, 0.15) is 0 Å². The molecule has 3 aromatic carbocycles. The molecule has 0 bridgehead atoms. The van der Waals surface area contributed by atoms with Crippen molar-refractivity contribution in [2.24, 2.45) is 0 Å². The number of nitrogens with zero attached hydrogens (tertiary/aromatic N) is 2. The van der Waals surface area contributed by atoms with E-state index in [2.05, 4.69) is 20.0 Å². The molecule has 31 heavy (non-hydrogen) atoms. The molecule has 4 rings (SSSR count). The second-order valence-corrected chi connectivity index (χ2v) is 8.52. The van der Waals surface area contributed by atoms with E-state index in [9.17, 15) is 18.3 Å². The smallest absolute Gasteiger partial charge is 0.335 e. The Bertz CT molecular complexity index is 1390. The topological polar surface area (TPSA) is 121 Å². The number of aromatic carboxylic acids is 1. The van der Waals surface area contributed by atoms with Crippen LogP contribution in [0.2, 0.25) is 0 Å². The molecule has 0 radical (unpaired) electrons. The first-order valence-corrected chi connectivity index (χ1v) is 10.8. The number of para-hydroxylation sites is 2. The molecule has 0 fully saturated rings. The summed E-state index contributed by atoms with van der Waals surface area (Å²) < 4.78 is 28.3. The monoisotopic (exact) mass is 434 g/mol. The van der Waals surface area contributed by atoms with Gasteiger partial charge < -0.3 is 10.4 Å². The van der Waals surface area contributed by atoms with E-state index in [0.29, 0.717) is 16.7 Å². The molecular weight excluding hydrogens is 416 g/mol. The number of aryl methyl sites for hydroxylation is 1. The van der Waals surface area contributed by atoms with E-state index in [4.69, 9.17) is 0 Å². The number of anilines is 3. The van der Waals surface area contributed by atoms with Crippen molar-refractivity contribution in [1.29, 1.82) is 0 Å². The molecule has 1 aromatic heterocycles.